The Balaban J connectivity index is 2.52. The van der Waals surface area contributed by atoms with E-state index in [1.165, 1.54) is 4.90 Å². The summed E-state index contributed by atoms with van der Waals surface area (Å²) < 4.78 is 26.6. The van der Waals surface area contributed by atoms with Gasteiger partial charge in [0, 0.05) is 22.6 Å². The Morgan fingerprint density at radius 3 is 2.26 bits per heavy atom. The molecule has 7 nitrogen and oxygen atoms in total. The van der Waals surface area contributed by atoms with Gasteiger partial charge in [-0.1, -0.05) is 48.3 Å². The quantitative estimate of drug-likeness (QED) is 0.471. The molecule has 2 amide bonds. The first kappa shape index (κ1) is 28.9. The Morgan fingerprint density at radius 1 is 1.06 bits per heavy atom. The molecule has 10 heteroatoms. The monoisotopic (exact) mass is 541 g/mol. The summed E-state index contributed by atoms with van der Waals surface area (Å²) in [6.07, 6.45) is 1.39. The van der Waals surface area contributed by atoms with Crippen molar-refractivity contribution < 1.29 is 18.0 Å². The van der Waals surface area contributed by atoms with Crippen LogP contribution in [-0.2, 0) is 26.2 Å². The van der Waals surface area contributed by atoms with Crippen molar-refractivity contribution in [3.05, 3.63) is 63.1 Å². The molecule has 192 valence electrons. The van der Waals surface area contributed by atoms with Gasteiger partial charge in [0.05, 0.1) is 11.9 Å². The zero-order chi connectivity index (χ0) is 26.5. The summed E-state index contributed by atoms with van der Waals surface area (Å²) in [5, 5.41) is 3.65. The lowest BCUT2D eigenvalue weighted by Gasteiger charge is -2.33. The standard InChI is InChI=1S/C25H33Cl2N3O4S/c1-7-22(25(32)28-16(2)3)29(14-19-10-11-20(26)13-21(19)27)24(31)15-30(35(6,33)34)23-12-17(4)8-9-18(23)5/h8-13,16,22H,7,14-15H2,1-6H3,(H,28,32). The third-order valence-electron chi connectivity index (χ3n) is 5.49. The molecule has 2 aromatic rings. The number of hydrogen-bond donors (Lipinski definition) is 1. The maximum Gasteiger partial charge on any atom is 0.244 e. The minimum Gasteiger partial charge on any atom is -0.352 e. The molecule has 0 fully saturated rings. The Kier molecular flexibility index (Phi) is 10.0. The van der Waals surface area contributed by atoms with Gasteiger partial charge in [0.1, 0.15) is 12.6 Å². The average molecular weight is 543 g/mol. The van der Waals surface area contributed by atoms with Crippen LogP contribution in [0.5, 0.6) is 0 Å². The molecular formula is C25H33Cl2N3O4S. The molecule has 1 atom stereocenters. The molecule has 0 bridgehead atoms. The molecule has 0 aliphatic carbocycles. The second-order valence-corrected chi connectivity index (χ2v) is 11.7. The summed E-state index contributed by atoms with van der Waals surface area (Å²) in [4.78, 5) is 28.1. The first-order valence-corrected chi connectivity index (χ1v) is 13.9. The highest BCUT2D eigenvalue weighted by atomic mass is 35.5. The fourth-order valence-electron chi connectivity index (χ4n) is 3.72. The van der Waals surface area contributed by atoms with E-state index in [9.17, 15) is 18.0 Å². The number of nitrogens with zero attached hydrogens (tertiary/aromatic N) is 2. The van der Waals surface area contributed by atoms with Gasteiger partial charge < -0.3 is 10.2 Å². The van der Waals surface area contributed by atoms with E-state index >= 15 is 0 Å². The largest absolute Gasteiger partial charge is 0.352 e. The van der Waals surface area contributed by atoms with Gasteiger partial charge in [0.15, 0.2) is 0 Å². The maximum atomic E-state index is 13.7. The fraction of sp³-hybridized carbons (Fsp3) is 0.440. The SMILES string of the molecule is CCC(C(=O)NC(C)C)N(Cc1ccc(Cl)cc1Cl)C(=O)CN(c1cc(C)ccc1C)S(C)(=O)=O. The first-order chi connectivity index (χ1) is 16.2. The molecule has 1 unspecified atom stereocenters. The van der Waals surface area contributed by atoms with Crippen LogP contribution in [0.25, 0.3) is 0 Å². The molecule has 1 N–H and O–H groups in total. The average Bonchev–Trinajstić information content (AvgIpc) is 2.73. The number of benzene rings is 2. The molecule has 0 saturated heterocycles. The second kappa shape index (κ2) is 12.1. The van der Waals surface area contributed by atoms with Crippen molar-refractivity contribution in [1.82, 2.24) is 10.2 Å². The van der Waals surface area contributed by atoms with E-state index in [0.717, 1.165) is 16.1 Å². The highest BCUT2D eigenvalue weighted by Crippen LogP contribution is 2.26. The summed E-state index contributed by atoms with van der Waals surface area (Å²) in [6.45, 7) is 8.66. The molecular weight excluding hydrogens is 509 g/mol. The van der Waals surface area contributed by atoms with E-state index in [1.54, 1.807) is 38.1 Å². The van der Waals surface area contributed by atoms with E-state index in [2.05, 4.69) is 5.32 Å². The van der Waals surface area contributed by atoms with E-state index in [1.807, 2.05) is 32.9 Å². The molecule has 0 radical (unpaired) electrons. The molecule has 2 rings (SSSR count). The van der Waals surface area contributed by atoms with Crippen molar-refractivity contribution in [2.24, 2.45) is 0 Å². The van der Waals surface area contributed by atoms with Gasteiger partial charge in [0.2, 0.25) is 21.8 Å². The first-order valence-electron chi connectivity index (χ1n) is 11.3. The molecule has 35 heavy (non-hydrogen) atoms. The van der Waals surface area contributed by atoms with Crippen LogP contribution in [0.2, 0.25) is 10.0 Å². The molecule has 0 aliphatic heterocycles. The topological polar surface area (TPSA) is 86.8 Å². The highest BCUT2D eigenvalue weighted by Gasteiger charge is 2.32. The molecule has 2 aromatic carbocycles. The molecule has 0 spiro atoms. The number of halogens is 2. The second-order valence-electron chi connectivity index (χ2n) is 8.90. The van der Waals surface area contributed by atoms with E-state index in [4.69, 9.17) is 23.2 Å². The lowest BCUT2D eigenvalue weighted by molar-refractivity contribution is -0.140. The van der Waals surface area contributed by atoms with Crippen molar-refractivity contribution in [3.63, 3.8) is 0 Å². The van der Waals surface area contributed by atoms with Crippen molar-refractivity contribution in [3.8, 4) is 0 Å². The van der Waals surface area contributed by atoms with Gasteiger partial charge >= 0.3 is 0 Å². The minimum atomic E-state index is -3.80. The van der Waals surface area contributed by atoms with Gasteiger partial charge in [-0.15, -0.1) is 0 Å². The van der Waals surface area contributed by atoms with E-state index < -0.39 is 28.5 Å². The van der Waals surface area contributed by atoms with Crippen LogP contribution in [0.4, 0.5) is 5.69 Å². The third kappa shape index (κ3) is 7.85. The number of nitrogens with one attached hydrogen (secondary N) is 1. The molecule has 0 aliphatic rings. The fourth-order valence-corrected chi connectivity index (χ4v) is 5.08. The molecule has 0 heterocycles. The van der Waals surface area contributed by atoms with Crippen LogP contribution in [0.15, 0.2) is 36.4 Å². The van der Waals surface area contributed by atoms with Crippen LogP contribution < -0.4 is 9.62 Å². The van der Waals surface area contributed by atoms with Crippen molar-refractivity contribution in [1.29, 1.82) is 0 Å². The number of sulfonamides is 1. The van der Waals surface area contributed by atoms with Crippen molar-refractivity contribution in [2.75, 3.05) is 17.1 Å². The summed E-state index contributed by atoms with van der Waals surface area (Å²) >= 11 is 12.4. The smallest absolute Gasteiger partial charge is 0.244 e. The Labute approximate surface area is 218 Å². The lowest BCUT2D eigenvalue weighted by Crippen LogP contribution is -2.53. The lowest BCUT2D eigenvalue weighted by atomic mass is 10.1. The van der Waals surface area contributed by atoms with Gasteiger partial charge in [0.25, 0.3) is 0 Å². The predicted molar refractivity (Wildman–Crippen MR) is 142 cm³/mol. The van der Waals surface area contributed by atoms with Crippen molar-refractivity contribution in [2.45, 2.75) is 59.7 Å². The van der Waals surface area contributed by atoms with E-state index in [0.29, 0.717) is 33.3 Å². The zero-order valence-corrected chi connectivity index (χ0v) is 23.3. The van der Waals surface area contributed by atoms with Crippen LogP contribution >= 0.6 is 23.2 Å². The number of aryl methyl sites for hydroxylation is 2. The van der Waals surface area contributed by atoms with E-state index in [-0.39, 0.29) is 18.5 Å². The predicted octanol–water partition coefficient (Wildman–Crippen LogP) is 4.71. The molecule has 0 saturated carbocycles. The highest BCUT2D eigenvalue weighted by molar-refractivity contribution is 7.92. The summed E-state index contributed by atoms with van der Waals surface area (Å²) in [5.74, 6) is -0.841. The van der Waals surface area contributed by atoms with Crippen LogP contribution in [0, 0.1) is 13.8 Å². The van der Waals surface area contributed by atoms with Crippen molar-refractivity contribution >= 4 is 50.7 Å². The van der Waals surface area contributed by atoms with Crippen LogP contribution in [0.1, 0.15) is 43.9 Å². The number of rotatable bonds is 10. The van der Waals surface area contributed by atoms with Gasteiger partial charge in [-0.3, -0.25) is 13.9 Å². The third-order valence-corrected chi connectivity index (χ3v) is 7.20. The summed E-state index contributed by atoms with van der Waals surface area (Å²) in [5.41, 5.74) is 2.59. The number of carbonyl (C=O) groups is 2. The van der Waals surface area contributed by atoms with Gasteiger partial charge in [-0.25, -0.2) is 8.42 Å². The Hall–Kier alpha value is -2.29. The normalized spacial score (nSPS) is 12.4. The Morgan fingerprint density at radius 2 is 1.71 bits per heavy atom. The minimum absolute atomic E-state index is 0.0171. The molecule has 0 aromatic heterocycles. The summed E-state index contributed by atoms with van der Waals surface area (Å²) in [7, 11) is -3.80. The van der Waals surface area contributed by atoms with Crippen LogP contribution in [0.3, 0.4) is 0 Å². The number of hydrogen-bond acceptors (Lipinski definition) is 4. The van der Waals surface area contributed by atoms with Crippen LogP contribution in [-0.4, -0.2) is 50.0 Å². The Bertz CT molecular complexity index is 1190. The summed E-state index contributed by atoms with van der Waals surface area (Å²) in [6, 6.07) is 9.37. The number of anilines is 1. The van der Waals surface area contributed by atoms with Gasteiger partial charge in [-0.2, -0.15) is 0 Å². The number of amides is 2. The zero-order valence-electron chi connectivity index (χ0n) is 20.9. The maximum absolute atomic E-state index is 13.7. The number of carbonyl (C=O) groups excluding carboxylic acids is 2. The van der Waals surface area contributed by atoms with Gasteiger partial charge in [-0.05, 0) is 69.0 Å².